The predicted molar refractivity (Wildman–Crippen MR) is 103 cm³/mol. The summed E-state index contributed by atoms with van der Waals surface area (Å²) < 4.78 is 5.16. The number of nitrogens with two attached hydrogens (primary N) is 1. The van der Waals surface area contributed by atoms with Crippen LogP contribution in [0.4, 0.5) is 5.69 Å². The third kappa shape index (κ3) is 5.50. The number of nitrogens with one attached hydrogen (secondary N) is 1. The molecule has 0 aromatic heterocycles. The number of benzene rings is 2. The van der Waals surface area contributed by atoms with Gasteiger partial charge in [-0.1, -0.05) is 38.1 Å². The maximum Gasteiger partial charge on any atom is 0.193 e. The van der Waals surface area contributed by atoms with Gasteiger partial charge in [-0.25, -0.2) is 0 Å². The molecule has 25 heavy (non-hydrogen) atoms. The summed E-state index contributed by atoms with van der Waals surface area (Å²) in [7, 11) is 1.60. The minimum atomic E-state index is -0.733. The number of guanidine groups is 1. The van der Waals surface area contributed by atoms with Gasteiger partial charge in [-0.3, -0.25) is 4.99 Å². The van der Waals surface area contributed by atoms with Crippen LogP contribution in [0.2, 0.25) is 0 Å². The van der Waals surface area contributed by atoms with E-state index < -0.39 is 6.10 Å². The first kappa shape index (κ1) is 18.8. The van der Waals surface area contributed by atoms with Crippen LogP contribution >= 0.6 is 0 Å². The molecule has 0 amide bonds. The Kier molecular flexibility index (Phi) is 6.83. The minimum Gasteiger partial charge on any atom is -0.497 e. The summed E-state index contributed by atoms with van der Waals surface area (Å²) in [6, 6.07) is 15.5. The fourth-order valence-corrected chi connectivity index (χ4v) is 2.46. The van der Waals surface area contributed by atoms with Gasteiger partial charge in [0, 0.05) is 5.69 Å². The topological polar surface area (TPSA) is 79.9 Å². The van der Waals surface area contributed by atoms with Gasteiger partial charge < -0.3 is 20.9 Å². The van der Waals surface area contributed by atoms with Gasteiger partial charge in [0.25, 0.3) is 0 Å². The van der Waals surface area contributed by atoms with Crippen LogP contribution in [-0.4, -0.2) is 24.7 Å². The van der Waals surface area contributed by atoms with Gasteiger partial charge in [-0.05, 0) is 47.7 Å². The number of nitrogens with zero attached hydrogens (tertiary/aromatic N) is 1. The lowest BCUT2D eigenvalue weighted by Gasteiger charge is -2.12. The molecule has 0 saturated carbocycles. The Bertz CT molecular complexity index is 698. The maximum atomic E-state index is 10.2. The summed E-state index contributed by atoms with van der Waals surface area (Å²) in [5, 5.41) is 13.3. The summed E-state index contributed by atoms with van der Waals surface area (Å²) >= 11 is 0. The molecule has 4 N–H and O–H groups in total. The van der Waals surface area contributed by atoms with Crippen LogP contribution in [0, 0.1) is 0 Å². The van der Waals surface area contributed by atoms with Crippen molar-refractivity contribution < 1.29 is 9.84 Å². The van der Waals surface area contributed by atoms with E-state index in [2.05, 4.69) is 36.3 Å². The summed E-state index contributed by atoms with van der Waals surface area (Å²) in [4.78, 5) is 4.22. The number of anilines is 1. The molecule has 5 nitrogen and oxygen atoms in total. The van der Waals surface area contributed by atoms with Crippen molar-refractivity contribution in [2.45, 2.75) is 32.3 Å². The number of aliphatic imine (C=N–C) groups is 1. The van der Waals surface area contributed by atoms with Crippen LogP contribution in [-0.2, 0) is 0 Å². The zero-order valence-electron chi connectivity index (χ0n) is 15.1. The Morgan fingerprint density at radius 3 is 2.56 bits per heavy atom. The molecule has 134 valence electrons. The van der Waals surface area contributed by atoms with Crippen LogP contribution in [0.5, 0.6) is 5.75 Å². The number of hydrogen-bond acceptors (Lipinski definition) is 3. The zero-order valence-corrected chi connectivity index (χ0v) is 15.1. The Labute approximate surface area is 149 Å². The number of rotatable bonds is 7. The summed E-state index contributed by atoms with van der Waals surface area (Å²) in [6.07, 6.45) is 0.377. The monoisotopic (exact) mass is 341 g/mol. The fourth-order valence-electron chi connectivity index (χ4n) is 2.46. The number of ether oxygens (including phenoxy) is 1. The summed E-state index contributed by atoms with van der Waals surface area (Å²) in [5.41, 5.74) is 8.84. The van der Waals surface area contributed by atoms with Gasteiger partial charge in [-0.2, -0.15) is 0 Å². The molecule has 2 atom stereocenters. The van der Waals surface area contributed by atoms with E-state index in [-0.39, 0.29) is 12.5 Å². The van der Waals surface area contributed by atoms with Crippen molar-refractivity contribution in [2.24, 2.45) is 10.7 Å². The number of aliphatic hydroxyl groups excluding tert-OH is 1. The van der Waals surface area contributed by atoms with E-state index in [4.69, 9.17) is 10.5 Å². The zero-order chi connectivity index (χ0) is 18.2. The molecule has 2 aromatic carbocycles. The quantitative estimate of drug-likeness (QED) is 0.530. The smallest absolute Gasteiger partial charge is 0.193 e. The first-order chi connectivity index (χ1) is 12.0. The molecule has 0 aliphatic rings. The molecule has 5 heteroatoms. The molecule has 0 spiro atoms. The Morgan fingerprint density at radius 1 is 1.20 bits per heavy atom. The molecule has 0 saturated heterocycles. The third-order valence-corrected chi connectivity index (χ3v) is 4.28. The van der Waals surface area contributed by atoms with Crippen molar-refractivity contribution >= 4 is 11.6 Å². The van der Waals surface area contributed by atoms with E-state index in [1.807, 2.05) is 30.3 Å². The van der Waals surface area contributed by atoms with Gasteiger partial charge in [0.2, 0.25) is 0 Å². The molecular weight excluding hydrogens is 314 g/mol. The first-order valence-corrected chi connectivity index (χ1v) is 8.52. The van der Waals surface area contributed by atoms with Gasteiger partial charge in [0.1, 0.15) is 5.75 Å². The molecule has 0 aliphatic heterocycles. The van der Waals surface area contributed by atoms with Crippen LogP contribution in [0.3, 0.4) is 0 Å². The number of methoxy groups -OCH3 is 1. The van der Waals surface area contributed by atoms with Crippen LogP contribution in [0.1, 0.15) is 43.4 Å². The number of aliphatic hydroxyl groups is 1. The third-order valence-electron chi connectivity index (χ3n) is 4.28. The summed E-state index contributed by atoms with van der Waals surface area (Å²) in [6.45, 7) is 4.56. The molecule has 2 rings (SSSR count). The Hall–Kier alpha value is -2.53. The molecule has 0 aliphatic carbocycles. The van der Waals surface area contributed by atoms with Crippen molar-refractivity contribution in [1.82, 2.24) is 0 Å². The molecular formula is C20H27N3O2. The van der Waals surface area contributed by atoms with Crippen LogP contribution < -0.4 is 15.8 Å². The standard InChI is InChI=1S/C20H27N3O2/c1-4-14(2)15-8-10-17(11-9-15)23-20(21)22-13-19(24)16-6-5-7-18(12-16)25-3/h5-12,14,19,24H,4,13H2,1-3H3,(H3,21,22,23). The molecule has 0 radical (unpaired) electrons. The highest BCUT2D eigenvalue weighted by atomic mass is 16.5. The second-order valence-electron chi connectivity index (χ2n) is 6.07. The SMILES string of the molecule is CCC(C)c1ccc(NC(N)=NCC(O)c2cccc(OC)c2)cc1. The van der Waals surface area contributed by atoms with Crippen LogP contribution in [0.15, 0.2) is 53.5 Å². The lowest BCUT2D eigenvalue weighted by molar-refractivity contribution is 0.187. The van der Waals surface area contributed by atoms with Crippen molar-refractivity contribution in [3.05, 3.63) is 59.7 Å². The van der Waals surface area contributed by atoms with Crippen molar-refractivity contribution in [2.75, 3.05) is 19.0 Å². The molecule has 0 bridgehead atoms. The van der Waals surface area contributed by atoms with Gasteiger partial charge in [0.15, 0.2) is 5.96 Å². The molecule has 0 fully saturated rings. The first-order valence-electron chi connectivity index (χ1n) is 8.52. The minimum absolute atomic E-state index is 0.178. The maximum absolute atomic E-state index is 10.2. The number of hydrogen-bond donors (Lipinski definition) is 3. The van der Waals surface area contributed by atoms with Crippen LogP contribution in [0.25, 0.3) is 0 Å². The largest absolute Gasteiger partial charge is 0.497 e. The normalized spacial score (nSPS) is 14.0. The predicted octanol–water partition coefficient (Wildman–Crippen LogP) is 3.67. The van der Waals surface area contributed by atoms with Gasteiger partial charge in [0.05, 0.1) is 19.8 Å². The average molecular weight is 341 g/mol. The van der Waals surface area contributed by atoms with E-state index in [0.717, 1.165) is 17.7 Å². The highest BCUT2D eigenvalue weighted by molar-refractivity contribution is 5.92. The molecule has 0 heterocycles. The lowest BCUT2D eigenvalue weighted by Crippen LogP contribution is -2.23. The second-order valence-corrected chi connectivity index (χ2v) is 6.07. The molecule has 2 aromatic rings. The van der Waals surface area contributed by atoms with Crippen molar-refractivity contribution in [3.8, 4) is 5.75 Å². The van der Waals surface area contributed by atoms with E-state index >= 15 is 0 Å². The van der Waals surface area contributed by atoms with Crippen molar-refractivity contribution in [1.29, 1.82) is 0 Å². The highest BCUT2D eigenvalue weighted by Crippen LogP contribution is 2.21. The highest BCUT2D eigenvalue weighted by Gasteiger charge is 2.08. The van der Waals surface area contributed by atoms with Gasteiger partial charge >= 0.3 is 0 Å². The average Bonchev–Trinajstić information content (AvgIpc) is 2.66. The van der Waals surface area contributed by atoms with Crippen molar-refractivity contribution in [3.63, 3.8) is 0 Å². The van der Waals surface area contributed by atoms with E-state index in [9.17, 15) is 5.11 Å². The van der Waals surface area contributed by atoms with Gasteiger partial charge in [-0.15, -0.1) is 0 Å². The van der Waals surface area contributed by atoms with E-state index in [0.29, 0.717) is 11.7 Å². The Morgan fingerprint density at radius 2 is 1.92 bits per heavy atom. The summed E-state index contributed by atoms with van der Waals surface area (Å²) in [5.74, 6) is 1.52. The van der Waals surface area contributed by atoms with E-state index in [1.165, 1.54) is 5.56 Å². The Balaban J connectivity index is 1.94. The molecule has 2 unspecified atom stereocenters. The second kappa shape index (κ2) is 9.08. The fraction of sp³-hybridized carbons (Fsp3) is 0.350. The van der Waals surface area contributed by atoms with E-state index in [1.54, 1.807) is 13.2 Å². The lowest BCUT2D eigenvalue weighted by atomic mass is 9.99.